The van der Waals surface area contributed by atoms with Crippen LogP contribution in [-0.4, -0.2) is 28.6 Å². The molecule has 0 saturated carbocycles. The van der Waals surface area contributed by atoms with E-state index in [2.05, 4.69) is 69.0 Å². The van der Waals surface area contributed by atoms with Crippen LogP contribution in [0.25, 0.3) is 0 Å². The summed E-state index contributed by atoms with van der Waals surface area (Å²) >= 11 is 0. The number of nitrogens with zero attached hydrogens (tertiary/aromatic N) is 1. The third-order valence-electron chi connectivity index (χ3n) is 4.77. The van der Waals surface area contributed by atoms with E-state index in [9.17, 15) is 5.11 Å². The molecule has 2 aromatic carbocycles. The number of phenolic OH excluding ortho intramolecular Hbond substituents is 1. The Hall–Kier alpha value is -1.80. The highest BCUT2D eigenvalue weighted by atomic mass is 16.3. The van der Waals surface area contributed by atoms with Gasteiger partial charge in [0.25, 0.3) is 0 Å². The Morgan fingerprint density at radius 1 is 0.917 bits per heavy atom. The van der Waals surface area contributed by atoms with Gasteiger partial charge in [0.05, 0.1) is 0 Å². The molecule has 0 saturated heterocycles. The first-order valence-corrected chi connectivity index (χ1v) is 9.00. The van der Waals surface area contributed by atoms with E-state index in [1.165, 1.54) is 5.56 Å². The molecule has 0 aliphatic rings. The number of phenols is 1. The summed E-state index contributed by atoms with van der Waals surface area (Å²) in [5.74, 6) is 0.622. The van der Waals surface area contributed by atoms with E-state index in [-0.39, 0.29) is 5.92 Å². The third kappa shape index (κ3) is 4.61. The SMILES string of the molecule is Cc1ccc([C@H](CCN(C(C)C)C(C)C)c2ccccc2)c(O)c1. The van der Waals surface area contributed by atoms with Gasteiger partial charge in [-0.15, -0.1) is 0 Å². The summed E-state index contributed by atoms with van der Waals surface area (Å²) in [6.07, 6.45) is 0.997. The van der Waals surface area contributed by atoms with Crippen molar-refractivity contribution in [2.75, 3.05) is 6.54 Å². The van der Waals surface area contributed by atoms with E-state index in [1.807, 2.05) is 19.1 Å². The molecule has 2 aromatic rings. The third-order valence-corrected chi connectivity index (χ3v) is 4.77. The zero-order valence-electron chi connectivity index (χ0n) is 15.7. The molecule has 0 unspecified atom stereocenters. The smallest absolute Gasteiger partial charge is 0.119 e. The van der Waals surface area contributed by atoms with Crippen molar-refractivity contribution in [3.63, 3.8) is 0 Å². The monoisotopic (exact) mass is 325 g/mol. The first-order chi connectivity index (χ1) is 11.4. The van der Waals surface area contributed by atoms with Gasteiger partial charge < -0.3 is 5.11 Å². The molecule has 130 valence electrons. The predicted molar refractivity (Wildman–Crippen MR) is 103 cm³/mol. The van der Waals surface area contributed by atoms with Crippen molar-refractivity contribution in [1.82, 2.24) is 4.90 Å². The topological polar surface area (TPSA) is 23.5 Å². The van der Waals surface area contributed by atoms with Crippen LogP contribution in [-0.2, 0) is 0 Å². The van der Waals surface area contributed by atoms with Crippen LogP contribution in [0.15, 0.2) is 48.5 Å². The Morgan fingerprint density at radius 2 is 1.54 bits per heavy atom. The quantitative estimate of drug-likeness (QED) is 0.742. The summed E-state index contributed by atoms with van der Waals surface area (Å²) in [6.45, 7) is 12.0. The Labute approximate surface area is 147 Å². The fourth-order valence-electron chi connectivity index (χ4n) is 3.53. The van der Waals surface area contributed by atoms with Crippen molar-refractivity contribution < 1.29 is 5.11 Å². The minimum absolute atomic E-state index is 0.215. The van der Waals surface area contributed by atoms with Gasteiger partial charge in [0, 0.05) is 23.6 Å². The molecular formula is C22H31NO. The van der Waals surface area contributed by atoms with Crippen molar-refractivity contribution >= 4 is 0 Å². The van der Waals surface area contributed by atoms with Crippen molar-refractivity contribution in [2.24, 2.45) is 0 Å². The summed E-state index contributed by atoms with van der Waals surface area (Å²) in [6, 6.07) is 17.6. The molecule has 0 spiro atoms. The first kappa shape index (κ1) is 18.5. The Balaban J connectivity index is 2.30. The molecule has 0 aliphatic heterocycles. The second kappa shape index (κ2) is 8.34. The maximum absolute atomic E-state index is 10.5. The molecule has 2 nitrogen and oxygen atoms in total. The van der Waals surface area contributed by atoms with E-state index in [0.29, 0.717) is 17.8 Å². The van der Waals surface area contributed by atoms with Crippen LogP contribution in [0.4, 0.5) is 0 Å². The van der Waals surface area contributed by atoms with Gasteiger partial charge in [-0.3, -0.25) is 4.90 Å². The standard InChI is InChI=1S/C22H31NO/c1-16(2)23(17(3)4)14-13-20(19-9-7-6-8-10-19)21-12-11-18(5)15-22(21)24/h6-12,15-17,20,24H,13-14H2,1-5H3/t20-/m1/s1. The maximum atomic E-state index is 10.5. The molecule has 0 aromatic heterocycles. The molecule has 1 atom stereocenters. The molecule has 0 fully saturated rings. The molecule has 0 heterocycles. The van der Waals surface area contributed by atoms with Crippen LogP contribution in [0.2, 0.25) is 0 Å². The molecule has 0 aliphatic carbocycles. The molecule has 0 bridgehead atoms. The summed E-state index contributed by atoms with van der Waals surface area (Å²) in [5, 5.41) is 10.5. The normalized spacial score (nSPS) is 13.0. The molecule has 2 heteroatoms. The highest BCUT2D eigenvalue weighted by Crippen LogP contribution is 2.34. The van der Waals surface area contributed by atoms with Gasteiger partial charge in [0.2, 0.25) is 0 Å². The van der Waals surface area contributed by atoms with Crippen LogP contribution in [0.1, 0.15) is 56.7 Å². The average molecular weight is 325 g/mol. The molecule has 2 rings (SSSR count). The van der Waals surface area contributed by atoms with Crippen molar-refractivity contribution in [3.8, 4) is 5.75 Å². The van der Waals surface area contributed by atoms with Gasteiger partial charge in [-0.25, -0.2) is 0 Å². The summed E-state index contributed by atoms with van der Waals surface area (Å²) in [4.78, 5) is 2.52. The lowest BCUT2D eigenvalue weighted by molar-refractivity contribution is 0.170. The lowest BCUT2D eigenvalue weighted by atomic mass is 9.87. The Kier molecular flexibility index (Phi) is 6.44. The Bertz CT molecular complexity index is 626. The largest absolute Gasteiger partial charge is 0.508 e. The van der Waals surface area contributed by atoms with Crippen LogP contribution in [0.3, 0.4) is 0 Å². The van der Waals surface area contributed by atoms with Crippen molar-refractivity contribution in [2.45, 2.75) is 59.0 Å². The van der Waals surface area contributed by atoms with Crippen molar-refractivity contribution in [1.29, 1.82) is 0 Å². The van der Waals surface area contributed by atoms with E-state index in [4.69, 9.17) is 0 Å². The highest BCUT2D eigenvalue weighted by Gasteiger charge is 2.21. The predicted octanol–water partition coefficient (Wildman–Crippen LogP) is 5.34. The van der Waals surface area contributed by atoms with Gasteiger partial charge in [-0.1, -0.05) is 42.5 Å². The zero-order valence-corrected chi connectivity index (χ0v) is 15.7. The van der Waals surface area contributed by atoms with Gasteiger partial charge in [0.15, 0.2) is 0 Å². The molecule has 1 N–H and O–H groups in total. The fraction of sp³-hybridized carbons (Fsp3) is 0.455. The Morgan fingerprint density at radius 3 is 2.08 bits per heavy atom. The summed E-state index contributed by atoms with van der Waals surface area (Å²) in [5.41, 5.74) is 3.39. The van der Waals surface area contributed by atoms with E-state index < -0.39 is 0 Å². The minimum Gasteiger partial charge on any atom is -0.508 e. The maximum Gasteiger partial charge on any atom is 0.119 e. The van der Waals surface area contributed by atoms with Crippen LogP contribution < -0.4 is 0 Å². The number of hydrogen-bond acceptors (Lipinski definition) is 2. The van der Waals surface area contributed by atoms with Crippen LogP contribution in [0, 0.1) is 6.92 Å². The second-order valence-electron chi connectivity index (χ2n) is 7.24. The number of benzene rings is 2. The molecule has 0 amide bonds. The van der Waals surface area contributed by atoms with Gasteiger partial charge in [0.1, 0.15) is 5.75 Å². The zero-order chi connectivity index (χ0) is 17.7. The molecule has 0 radical (unpaired) electrons. The van der Waals surface area contributed by atoms with Crippen LogP contribution in [0.5, 0.6) is 5.75 Å². The summed E-state index contributed by atoms with van der Waals surface area (Å²) < 4.78 is 0. The average Bonchev–Trinajstić information content (AvgIpc) is 2.52. The number of hydrogen-bond donors (Lipinski definition) is 1. The molecular weight excluding hydrogens is 294 g/mol. The van der Waals surface area contributed by atoms with Crippen LogP contribution >= 0.6 is 0 Å². The van der Waals surface area contributed by atoms with E-state index in [1.54, 1.807) is 0 Å². The number of rotatable bonds is 7. The highest BCUT2D eigenvalue weighted by molar-refractivity contribution is 5.43. The first-order valence-electron chi connectivity index (χ1n) is 9.00. The van der Waals surface area contributed by atoms with Gasteiger partial charge in [-0.2, -0.15) is 0 Å². The van der Waals surface area contributed by atoms with Gasteiger partial charge in [-0.05, 0) is 64.8 Å². The van der Waals surface area contributed by atoms with E-state index in [0.717, 1.165) is 24.1 Å². The van der Waals surface area contributed by atoms with E-state index >= 15 is 0 Å². The number of aryl methyl sites for hydroxylation is 1. The summed E-state index contributed by atoms with van der Waals surface area (Å²) in [7, 11) is 0. The van der Waals surface area contributed by atoms with Crippen molar-refractivity contribution in [3.05, 3.63) is 65.2 Å². The lowest BCUT2D eigenvalue weighted by Gasteiger charge is -2.32. The van der Waals surface area contributed by atoms with Gasteiger partial charge >= 0.3 is 0 Å². The fourth-order valence-corrected chi connectivity index (χ4v) is 3.53. The molecule has 24 heavy (non-hydrogen) atoms. The second-order valence-corrected chi connectivity index (χ2v) is 7.24. The number of aromatic hydroxyl groups is 1. The lowest BCUT2D eigenvalue weighted by Crippen LogP contribution is -2.38. The minimum atomic E-state index is 0.215.